The zero-order valence-corrected chi connectivity index (χ0v) is 29.2. The van der Waals surface area contributed by atoms with Gasteiger partial charge in [-0.3, -0.25) is 9.11 Å². The second-order valence-corrected chi connectivity index (χ2v) is 18.5. The quantitative estimate of drug-likeness (QED) is 0.183. The van der Waals surface area contributed by atoms with Gasteiger partial charge in [-0.25, -0.2) is 16.7 Å². The summed E-state index contributed by atoms with van der Waals surface area (Å²) in [5.41, 5.74) is -3.64. The molecular weight excluding hydrogens is 685 g/mol. The third kappa shape index (κ3) is 16.0. The molecule has 254 valence electrons. The molecule has 0 aliphatic carbocycles. The molecular formula is C20H38N2O16S5. The van der Waals surface area contributed by atoms with Crippen molar-refractivity contribution < 1.29 is 67.9 Å². The zero-order valence-electron chi connectivity index (χ0n) is 25.1. The zero-order chi connectivity index (χ0) is 34.1. The molecule has 0 radical (unpaired) electrons. The lowest BCUT2D eigenvalue weighted by Gasteiger charge is -2.36. The molecule has 0 fully saturated rings. The molecule has 2 unspecified atom stereocenters. The minimum Gasteiger partial charge on any atom is -0.329 e. The van der Waals surface area contributed by atoms with E-state index in [2.05, 4.69) is 26.9 Å². The van der Waals surface area contributed by atoms with Crippen molar-refractivity contribution in [3.8, 4) is 10.4 Å². The molecule has 43 heavy (non-hydrogen) atoms. The van der Waals surface area contributed by atoms with Gasteiger partial charge in [0.1, 0.15) is 0 Å². The van der Waals surface area contributed by atoms with E-state index < -0.39 is 86.2 Å². The van der Waals surface area contributed by atoms with Crippen molar-refractivity contribution in [2.75, 3.05) is 0 Å². The van der Waals surface area contributed by atoms with E-state index in [0.29, 0.717) is 0 Å². The first-order valence-corrected chi connectivity index (χ1v) is 18.3. The van der Waals surface area contributed by atoms with E-state index in [9.17, 15) is 33.7 Å². The van der Waals surface area contributed by atoms with Gasteiger partial charge in [-0.15, -0.1) is 0 Å². The molecule has 0 aliphatic rings. The molecule has 0 amide bonds. The van der Waals surface area contributed by atoms with Crippen LogP contribution in [0.25, 0.3) is 0 Å². The first-order chi connectivity index (χ1) is 18.7. The molecule has 1 heterocycles. The average molecular weight is 723 g/mol. The van der Waals surface area contributed by atoms with Crippen LogP contribution < -0.4 is 8.37 Å². The van der Waals surface area contributed by atoms with Crippen LogP contribution in [0.2, 0.25) is 0 Å². The van der Waals surface area contributed by atoms with Gasteiger partial charge in [0.05, 0.1) is 0 Å². The van der Waals surface area contributed by atoms with E-state index in [0.717, 1.165) is 0 Å². The number of aromatic nitrogens is 2. The van der Waals surface area contributed by atoms with E-state index in [-0.39, 0.29) is 24.2 Å². The smallest absolute Gasteiger partial charge is 0.329 e. The molecule has 2 N–H and O–H groups in total. The summed E-state index contributed by atoms with van der Waals surface area (Å²) < 4.78 is 142. The maximum Gasteiger partial charge on any atom is 0.453 e. The van der Waals surface area contributed by atoms with Gasteiger partial charge in [-0.2, -0.15) is 33.7 Å². The van der Waals surface area contributed by atoms with Crippen molar-refractivity contribution in [3.63, 3.8) is 0 Å². The molecule has 0 saturated carbocycles. The van der Waals surface area contributed by atoms with Crippen molar-refractivity contribution in [1.82, 2.24) is 10.2 Å². The number of hydrogen-bond acceptors (Lipinski definition) is 17. The Labute approximate surface area is 256 Å². The Morgan fingerprint density at radius 2 is 0.860 bits per heavy atom. The third-order valence-electron chi connectivity index (χ3n) is 4.81. The molecule has 0 bridgehead atoms. The molecule has 1 aromatic rings. The lowest BCUT2D eigenvalue weighted by molar-refractivity contribution is -0.0965. The second-order valence-electron chi connectivity index (χ2n) is 13.2. The van der Waals surface area contributed by atoms with Crippen LogP contribution in [-0.2, 0) is 58.3 Å². The Balaban J connectivity index is 3.18. The van der Waals surface area contributed by atoms with Gasteiger partial charge in [-0.1, -0.05) is 79.4 Å². The topological polar surface area (TPSA) is 258 Å². The van der Waals surface area contributed by atoms with Crippen LogP contribution in [-0.4, -0.2) is 65.6 Å². The highest BCUT2D eigenvalue weighted by molar-refractivity contribution is 7.83. The minimum absolute atomic E-state index is 0.100. The summed E-state index contributed by atoms with van der Waals surface area (Å²) >= 11 is 0.100. The molecule has 1 aromatic heterocycles. The Kier molecular flexibility index (Phi) is 12.2. The predicted molar refractivity (Wildman–Crippen MR) is 150 cm³/mol. The fraction of sp³-hybridized carbons (Fsp3) is 0.900. The van der Waals surface area contributed by atoms with Crippen LogP contribution in [0.5, 0.6) is 10.4 Å². The maximum absolute atomic E-state index is 12.6. The summed E-state index contributed by atoms with van der Waals surface area (Å²) in [5, 5.41) is 4.84. The first-order valence-electron chi connectivity index (χ1n) is 12.1. The van der Waals surface area contributed by atoms with E-state index >= 15 is 0 Å². The summed E-state index contributed by atoms with van der Waals surface area (Å²) in [4.78, 5) is 0. The highest BCUT2D eigenvalue weighted by atomic mass is 32.3. The summed E-state index contributed by atoms with van der Waals surface area (Å²) in [5.74, 6) is 0. The lowest BCUT2D eigenvalue weighted by atomic mass is 9.76. The fourth-order valence-electron chi connectivity index (χ4n) is 4.37. The molecule has 1 rings (SSSR count). The molecule has 18 nitrogen and oxygen atoms in total. The summed E-state index contributed by atoms with van der Waals surface area (Å²) in [6, 6.07) is 0. The van der Waals surface area contributed by atoms with Crippen LogP contribution in [0.4, 0.5) is 0 Å². The van der Waals surface area contributed by atoms with Gasteiger partial charge in [0.25, 0.3) is 0 Å². The van der Waals surface area contributed by atoms with E-state index in [4.69, 9.17) is 17.5 Å². The van der Waals surface area contributed by atoms with Crippen LogP contribution in [0.15, 0.2) is 0 Å². The summed E-state index contributed by atoms with van der Waals surface area (Å²) in [7, 11) is -20.8. The lowest BCUT2D eigenvalue weighted by Crippen LogP contribution is -2.41. The predicted octanol–water partition coefficient (Wildman–Crippen LogP) is 3.03. The second kappa shape index (κ2) is 13.2. The number of hydrogen-bond donors (Lipinski definition) is 2. The molecule has 2 atom stereocenters. The Hall–Kier alpha value is -1.28. The Morgan fingerprint density at radius 1 is 0.581 bits per heavy atom. The maximum atomic E-state index is 12.6. The van der Waals surface area contributed by atoms with Gasteiger partial charge in [0, 0.05) is 10.8 Å². The van der Waals surface area contributed by atoms with Crippen molar-refractivity contribution in [3.05, 3.63) is 0 Å². The van der Waals surface area contributed by atoms with Gasteiger partial charge in [-0.05, 0) is 35.0 Å². The largest absolute Gasteiger partial charge is 0.453 e. The van der Waals surface area contributed by atoms with E-state index in [1.54, 1.807) is 41.5 Å². The highest BCUT2D eigenvalue weighted by Crippen LogP contribution is 2.40. The van der Waals surface area contributed by atoms with Crippen LogP contribution in [0.3, 0.4) is 0 Å². The molecule has 0 aliphatic heterocycles. The normalized spacial score (nSPS) is 16.1. The molecule has 0 saturated heterocycles. The average Bonchev–Trinajstić information content (AvgIpc) is 3.05. The van der Waals surface area contributed by atoms with Gasteiger partial charge in [0.2, 0.25) is 12.6 Å². The van der Waals surface area contributed by atoms with E-state index in [1.807, 2.05) is 0 Å². The number of rotatable bonds is 16. The van der Waals surface area contributed by atoms with Crippen LogP contribution in [0.1, 0.15) is 82.1 Å². The van der Waals surface area contributed by atoms with Crippen molar-refractivity contribution in [1.29, 1.82) is 0 Å². The SMILES string of the molecule is CC(C)(C)CC(C)(C)C(OS(=O)(=O)O)OS(=O)(=O)Oc1nnc(OS(=O)(=O)OC(OS(=O)(=O)O)C(C)(C)CC(C)(C)C)s1. The van der Waals surface area contributed by atoms with Crippen LogP contribution >= 0.6 is 11.3 Å². The Bertz CT molecular complexity index is 1420. The summed E-state index contributed by atoms with van der Waals surface area (Å²) in [6.45, 7) is 16.3. The molecule has 23 heteroatoms. The van der Waals surface area contributed by atoms with Crippen molar-refractivity contribution in [2.24, 2.45) is 21.7 Å². The fourth-order valence-corrected chi connectivity index (χ4v) is 8.11. The number of nitrogens with zero attached hydrogens (tertiary/aromatic N) is 2. The molecule has 0 aromatic carbocycles. The first kappa shape index (κ1) is 39.7. The van der Waals surface area contributed by atoms with Gasteiger partial charge in [0.15, 0.2) is 0 Å². The standard InChI is InChI=1S/C20H38N2O16S5/c1-17(2,3)11-19(7,8)13(33-40(23,24)25)35-42(29,30)37-15-21-22-16(39-15)38-43(31,32)36-14(34-41(26,27)28)20(9,10)12-18(4,5)6/h13-14H,11-12H2,1-10H3,(H,23,24,25)(H,26,27,28). The van der Waals surface area contributed by atoms with Crippen molar-refractivity contribution in [2.45, 2.75) is 94.7 Å². The van der Waals surface area contributed by atoms with E-state index in [1.165, 1.54) is 27.7 Å². The van der Waals surface area contributed by atoms with Crippen molar-refractivity contribution >= 4 is 52.9 Å². The summed E-state index contributed by atoms with van der Waals surface area (Å²) in [6.07, 6.45) is -3.95. The Morgan fingerprint density at radius 3 is 1.09 bits per heavy atom. The monoisotopic (exact) mass is 722 g/mol. The van der Waals surface area contributed by atoms with Crippen LogP contribution in [0, 0.1) is 21.7 Å². The third-order valence-corrected chi connectivity index (χ3v) is 8.08. The molecule has 0 spiro atoms. The van der Waals surface area contributed by atoms with Gasteiger partial charge >= 0.3 is 52.0 Å². The highest BCUT2D eigenvalue weighted by Gasteiger charge is 2.43. The minimum atomic E-state index is -5.20. The van der Waals surface area contributed by atoms with Gasteiger partial charge < -0.3 is 8.37 Å².